The largest absolute Gasteiger partial charge is 0.380 e. The van der Waals surface area contributed by atoms with Crippen LogP contribution in [0.3, 0.4) is 0 Å². The molecule has 0 bridgehead atoms. The van der Waals surface area contributed by atoms with Gasteiger partial charge in [-0.25, -0.2) is 0 Å². The van der Waals surface area contributed by atoms with Gasteiger partial charge in [-0.15, -0.1) is 22.7 Å². The summed E-state index contributed by atoms with van der Waals surface area (Å²) in [6.07, 6.45) is 1.66. The Balaban J connectivity index is 1.59. The van der Waals surface area contributed by atoms with Crippen molar-refractivity contribution >= 4 is 39.9 Å². The van der Waals surface area contributed by atoms with E-state index in [-0.39, 0.29) is 20.9 Å². The number of hydrogen-bond acceptors (Lipinski definition) is 2. The molecule has 8 heteroatoms. The fraction of sp³-hybridized carbons (Fsp3) is 0.100. The first-order valence-electron chi connectivity index (χ1n) is 15.1. The predicted octanol–water partition coefficient (Wildman–Crippen LogP) is 12.3. The van der Waals surface area contributed by atoms with Gasteiger partial charge in [0.1, 0.15) is 0 Å². The standard InChI is InChI=1S/C40H24F6S2/c1-2-24-18-20-26(21-19-24)32-23-30-34-33(38(41,42)40(45,46)39(34,43)44)29-22-31(25-12-6-3-7-13-25)47-35(29)37(36(30)48-32,27-14-8-4-9-15-27)28-16-10-5-11-17-28/h2-23H,1H2. The minimum absolute atomic E-state index is 0.267. The molecule has 2 aliphatic rings. The maximum Gasteiger partial charge on any atom is 0.380 e. The summed E-state index contributed by atoms with van der Waals surface area (Å²) in [5, 5.41) is 0. The molecule has 2 heterocycles. The lowest BCUT2D eigenvalue weighted by molar-refractivity contribution is -0.254. The second-order valence-corrected chi connectivity index (χ2v) is 14.0. The van der Waals surface area contributed by atoms with E-state index < -0.39 is 34.3 Å². The van der Waals surface area contributed by atoms with Crippen molar-refractivity contribution in [3.8, 4) is 20.9 Å². The van der Waals surface area contributed by atoms with Crippen molar-refractivity contribution in [2.24, 2.45) is 0 Å². The minimum atomic E-state index is -5.67. The van der Waals surface area contributed by atoms with Gasteiger partial charge in [0, 0.05) is 41.8 Å². The molecular weight excluding hydrogens is 659 g/mol. The quantitative estimate of drug-likeness (QED) is 0.159. The van der Waals surface area contributed by atoms with E-state index in [0.29, 0.717) is 32.0 Å². The van der Waals surface area contributed by atoms with Gasteiger partial charge in [0.2, 0.25) is 0 Å². The van der Waals surface area contributed by atoms with Crippen molar-refractivity contribution < 1.29 is 26.3 Å². The second-order valence-electron chi connectivity index (χ2n) is 11.9. The van der Waals surface area contributed by atoms with E-state index in [1.165, 1.54) is 12.1 Å². The molecule has 8 rings (SSSR count). The lowest BCUT2D eigenvalue weighted by Crippen LogP contribution is -2.49. The molecule has 0 radical (unpaired) electrons. The number of thiophene rings is 2. The summed E-state index contributed by atoms with van der Waals surface area (Å²) in [6.45, 7) is 3.78. The predicted molar refractivity (Wildman–Crippen MR) is 183 cm³/mol. The number of fused-ring (bicyclic) bond motifs is 4. The van der Waals surface area contributed by atoms with Crippen molar-refractivity contribution in [1.82, 2.24) is 0 Å². The molecule has 2 aromatic heterocycles. The smallest absolute Gasteiger partial charge is 0.194 e. The summed E-state index contributed by atoms with van der Waals surface area (Å²) in [7, 11) is 0. The highest BCUT2D eigenvalue weighted by atomic mass is 32.1. The Kier molecular flexibility index (Phi) is 6.82. The molecule has 0 atom stereocenters. The fourth-order valence-corrected chi connectivity index (χ4v) is 9.87. The van der Waals surface area contributed by atoms with Crippen molar-refractivity contribution in [2.45, 2.75) is 23.2 Å². The van der Waals surface area contributed by atoms with Gasteiger partial charge >= 0.3 is 17.8 Å². The Morgan fingerprint density at radius 2 is 0.896 bits per heavy atom. The van der Waals surface area contributed by atoms with E-state index in [4.69, 9.17) is 0 Å². The number of rotatable bonds is 5. The molecule has 0 saturated carbocycles. The molecular formula is C40H24F6S2. The fourth-order valence-electron chi connectivity index (χ4n) is 6.98. The minimum Gasteiger partial charge on any atom is -0.194 e. The summed E-state index contributed by atoms with van der Waals surface area (Å²) < 4.78 is 96.3. The van der Waals surface area contributed by atoms with Crippen LogP contribution >= 0.6 is 22.7 Å². The lowest BCUT2D eigenvalue weighted by Gasteiger charge is -2.36. The van der Waals surface area contributed by atoms with E-state index in [2.05, 4.69) is 6.58 Å². The van der Waals surface area contributed by atoms with Crippen LogP contribution in [-0.4, -0.2) is 17.8 Å². The van der Waals surface area contributed by atoms with E-state index >= 15 is 26.3 Å². The molecule has 2 aliphatic carbocycles. The zero-order chi connectivity index (χ0) is 33.5. The maximum atomic E-state index is 16.3. The average molecular weight is 683 g/mol. The highest BCUT2D eigenvalue weighted by molar-refractivity contribution is 7.18. The molecule has 0 spiro atoms. The summed E-state index contributed by atoms with van der Waals surface area (Å²) in [5.41, 5.74) is -1.30. The van der Waals surface area contributed by atoms with Crippen LogP contribution in [0.15, 0.2) is 134 Å². The molecule has 0 aliphatic heterocycles. The van der Waals surface area contributed by atoms with Crippen LogP contribution in [0.1, 0.15) is 37.6 Å². The van der Waals surface area contributed by atoms with E-state index in [9.17, 15) is 0 Å². The topological polar surface area (TPSA) is 0 Å². The lowest BCUT2D eigenvalue weighted by atomic mass is 9.70. The zero-order valence-electron chi connectivity index (χ0n) is 25.0. The van der Waals surface area contributed by atoms with Crippen molar-refractivity contribution in [3.05, 3.63) is 172 Å². The Morgan fingerprint density at radius 3 is 1.31 bits per heavy atom. The molecule has 0 N–H and O–H groups in total. The maximum absolute atomic E-state index is 16.3. The van der Waals surface area contributed by atoms with Crippen LogP contribution in [0.4, 0.5) is 26.3 Å². The Bertz CT molecular complexity index is 2170. The molecule has 238 valence electrons. The van der Waals surface area contributed by atoms with Gasteiger partial charge in [0.05, 0.1) is 5.41 Å². The molecule has 0 saturated heterocycles. The third kappa shape index (κ3) is 4.02. The van der Waals surface area contributed by atoms with Gasteiger partial charge in [-0.1, -0.05) is 128 Å². The molecule has 48 heavy (non-hydrogen) atoms. The molecule has 0 nitrogen and oxygen atoms in total. The van der Waals surface area contributed by atoms with Gasteiger partial charge in [-0.2, -0.15) is 26.3 Å². The summed E-state index contributed by atoms with van der Waals surface area (Å²) >= 11 is 2.31. The van der Waals surface area contributed by atoms with E-state index in [1.807, 2.05) is 36.4 Å². The third-order valence-corrected chi connectivity index (χ3v) is 11.9. The third-order valence-electron chi connectivity index (χ3n) is 9.25. The van der Waals surface area contributed by atoms with Crippen LogP contribution in [0.25, 0.3) is 38.1 Å². The number of benzene rings is 4. The first-order valence-corrected chi connectivity index (χ1v) is 16.7. The molecule has 6 aromatic rings. The van der Waals surface area contributed by atoms with Crippen molar-refractivity contribution in [1.29, 1.82) is 0 Å². The number of hydrogen-bond donors (Lipinski definition) is 0. The average Bonchev–Trinajstić information content (AvgIpc) is 3.75. The highest BCUT2D eigenvalue weighted by Crippen LogP contribution is 2.70. The molecule has 4 aromatic carbocycles. The first-order chi connectivity index (χ1) is 23.0. The van der Waals surface area contributed by atoms with Crippen LogP contribution in [0, 0.1) is 0 Å². The summed E-state index contributed by atoms with van der Waals surface area (Å²) in [4.78, 5) is 1.52. The monoisotopic (exact) mass is 682 g/mol. The van der Waals surface area contributed by atoms with E-state index in [0.717, 1.165) is 28.2 Å². The van der Waals surface area contributed by atoms with Crippen molar-refractivity contribution in [2.75, 3.05) is 0 Å². The van der Waals surface area contributed by atoms with Crippen LogP contribution in [0.2, 0.25) is 0 Å². The van der Waals surface area contributed by atoms with Crippen LogP contribution in [-0.2, 0) is 5.41 Å². The first kappa shape index (κ1) is 30.7. The number of allylic oxidation sites excluding steroid dienone is 2. The normalized spacial score (nSPS) is 18.0. The van der Waals surface area contributed by atoms with Gasteiger partial charge in [-0.3, -0.25) is 0 Å². The van der Waals surface area contributed by atoms with Crippen LogP contribution < -0.4 is 0 Å². The molecule has 0 unspecified atom stereocenters. The Hall–Kier alpha value is -4.66. The Morgan fingerprint density at radius 1 is 0.500 bits per heavy atom. The second kappa shape index (κ2) is 10.7. The van der Waals surface area contributed by atoms with Crippen molar-refractivity contribution in [3.63, 3.8) is 0 Å². The highest BCUT2D eigenvalue weighted by Gasteiger charge is 2.81. The zero-order valence-corrected chi connectivity index (χ0v) is 26.6. The summed E-state index contributed by atoms with van der Waals surface area (Å²) in [6, 6.07) is 37.0. The SMILES string of the molecule is C=Cc1ccc(-c2cc3c(s2)C(c2ccccc2)(c2ccccc2)c2sc(-c4ccccc4)cc2C2=C3C(F)(F)C(F)(F)C2(F)F)cc1. The Labute approximate surface area is 281 Å². The van der Waals surface area contributed by atoms with Gasteiger partial charge < -0.3 is 0 Å². The number of alkyl halides is 6. The van der Waals surface area contributed by atoms with Crippen LogP contribution in [0.5, 0.6) is 0 Å². The number of halogens is 6. The summed E-state index contributed by atoms with van der Waals surface area (Å²) in [5.74, 6) is -16.0. The van der Waals surface area contributed by atoms with Gasteiger partial charge in [0.25, 0.3) is 0 Å². The van der Waals surface area contributed by atoms with Gasteiger partial charge in [0.15, 0.2) is 0 Å². The van der Waals surface area contributed by atoms with Gasteiger partial charge in [-0.05, 0) is 39.9 Å². The van der Waals surface area contributed by atoms with E-state index in [1.54, 1.807) is 84.9 Å². The molecule has 0 amide bonds. The molecule has 0 fully saturated rings.